The van der Waals surface area contributed by atoms with Crippen LogP contribution in [0.15, 0.2) is 146 Å². The minimum atomic E-state index is -5.98. The topological polar surface area (TPSA) is 43.4 Å². The molecular formula is C37H24F3O3PS. The Morgan fingerprint density at radius 2 is 0.867 bits per heavy atom. The summed E-state index contributed by atoms with van der Waals surface area (Å²) in [5.41, 5.74) is 0.0860. The van der Waals surface area contributed by atoms with Gasteiger partial charge in [0, 0.05) is 11.1 Å². The van der Waals surface area contributed by atoms with E-state index in [1.165, 1.54) is 12.1 Å². The Balaban J connectivity index is 1.65. The highest BCUT2D eigenvalue weighted by molar-refractivity contribution is 7.88. The van der Waals surface area contributed by atoms with Crippen molar-refractivity contribution < 1.29 is 25.8 Å². The molecule has 0 saturated heterocycles. The van der Waals surface area contributed by atoms with E-state index >= 15 is 0 Å². The summed E-state index contributed by atoms with van der Waals surface area (Å²) in [6.45, 7) is 0. The zero-order valence-corrected chi connectivity index (χ0v) is 25.3. The molecule has 0 bridgehead atoms. The summed E-state index contributed by atoms with van der Waals surface area (Å²) in [6, 6.07) is 46.0. The molecule has 0 radical (unpaired) electrons. The molecule has 0 atom stereocenters. The number of fused-ring (bicyclic) bond motifs is 8. The van der Waals surface area contributed by atoms with E-state index in [9.17, 15) is 21.6 Å². The van der Waals surface area contributed by atoms with E-state index in [-0.39, 0.29) is 11.3 Å². The van der Waals surface area contributed by atoms with Crippen LogP contribution in [0.25, 0.3) is 44.5 Å². The van der Waals surface area contributed by atoms with E-state index in [4.69, 9.17) is 4.18 Å². The molecule has 0 saturated carbocycles. The second-order valence-corrected chi connectivity index (χ2v) is 14.2. The Bertz CT molecular complexity index is 2110. The summed E-state index contributed by atoms with van der Waals surface area (Å²) in [6.07, 6.45) is 0. The van der Waals surface area contributed by atoms with E-state index in [0.29, 0.717) is 11.1 Å². The highest BCUT2D eigenvalue weighted by atomic mass is 32.2. The first-order chi connectivity index (χ1) is 21.7. The van der Waals surface area contributed by atoms with Gasteiger partial charge in [-0.25, -0.2) is 0 Å². The molecule has 8 heteroatoms. The van der Waals surface area contributed by atoms with Gasteiger partial charge >= 0.3 is 15.6 Å². The number of rotatable bonds is 5. The minimum Gasteiger partial charge on any atom is -0.375 e. The Morgan fingerprint density at radius 1 is 0.467 bits per heavy atom. The summed E-state index contributed by atoms with van der Waals surface area (Å²) >= 11 is 0. The lowest BCUT2D eigenvalue weighted by Crippen LogP contribution is -2.28. The number of hydrogen-bond acceptors (Lipinski definition) is 3. The summed E-state index contributed by atoms with van der Waals surface area (Å²) in [4.78, 5) is 0. The van der Waals surface area contributed by atoms with Gasteiger partial charge in [0.2, 0.25) is 0 Å². The third-order valence-electron chi connectivity index (χ3n) is 7.80. The average Bonchev–Trinajstić information content (AvgIpc) is 3.05. The van der Waals surface area contributed by atoms with Gasteiger partial charge in [0.1, 0.15) is 0 Å². The van der Waals surface area contributed by atoms with Crippen molar-refractivity contribution in [2.24, 2.45) is 0 Å². The quantitative estimate of drug-likeness (QED) is 0.108. The van der Waals surface area contributed by atoms with Crippen molar-refractivity contribution in [1.82, 2.24) is 0 Å². The number of hydrogen-bond donors (Lipinski definition) is 0. The molecule has 1 aliphatic carbocycles. The molecule has 45 heavy (non-hydrogen) atoms. The van der Waals surface area contributed by atoms with E-state index in [0.717, 1.165) is 43.7 Å². The number of halogens is 3. The van der Waals surface area contributed by atoms with Crippen LogP contribution in [0.4, 0.5) is 13.2 Å². The monoisotopic (exact) mass is 636 g/mol. The Labute approximate surface area is 260 Å². The Hall–Kier alpha value is -4.71. The predicted octanol–water partition coefficient (Wildman–Crippen LogP) is 8.65. The van der Waals surface area contributed by atoms with Crippen molar-refractivity contribution in [2.45, 2.75) is 5.51 Å². The molecule has 3 nitrogen and oxygen atoms in total. The van der Waals surface area contributed by atoms with Crippen LogP contribution in [0.5, 0.6) is 5.75 Å². The SMILES string of the molecule is O=S(=O)(Oc1cccc2c1-c1c(cccc1P(c1ccccc1)c1ccccc1)-c1ccccc1-c1ccccc1-2)C(F)(F)F. The summed E-state index contributed by atoms with van der Waals surface area (Å²) in [5.74, 6) is -0.385. The highest BCUT2D eigenvalue weighted by Gasteiger charge is 2.49. The van der Waals surface area contributed by atoms with Crippen LogP contribution >= 0.6 is 7.92 Å². The smallest absolute Gasteiger partial charge is 0.375 e. The van der Waals surface area contributed by atoms with Crippen molar-refractivity contribution in [2.75, 3.05) is 0 Å². The lowest BCUT2D eigenvalue weighted by molar-refractivity contribution is -0.0499. The summed E-state index contributed by atoms with van der Waals surface area (Å²) in [7, 11) is -7.24. The zero-order valence-electron chi connectivity index (χ0n) is 23.6. The van der Waals surface area contributed by atoms with Gasteiger partial charge in [0.15, 0.2) is 5.75 Å². The predicted molar refractivity (Wildman–Crippen MR) is 176 cm³/mol. The molecule has 7 rings (SSSR count). The molecule has 6 aromatic carbocycles. The van der Waals surface area contributed by atoms with Gasteiger partial charge in [-0.2, -0.15) is 21.6 Å². The van der Waals surface area contributed by atoms with E-state index < -0.39 is 23.5 Å². The van der Waals surface area contributed by atoms with E-state index in [1.54, 1.807) is 0 Å². The van der Waals surface area contributed by atoms with Gasteiger partial charge in [-0.3, -0.25) is 0 Å². The summed E-state index contributed by atoms with van der Waals surface area (Å²) < 4.78 is 71.4. The largest absolute Gasteiger partial charge is 0.534 e. The van der Waals surface area contributed by atoms with Gasteiger partial charge in [-0.1, -0.05) is 140 Å². The first kappa shape index (κ1) is 29.0. The molecule has 0 fully saturated rings. The van der Waals surface area contributed by atoms with Gasteiger partial charge in [-0.15, -0.1) is 0 Å². The molecular weight excluding hydrogens is 612 g/mol. The third kappa shape index (κ3) is 5.12. The van der Waals surface area contributed by atoms with Crippen LogP contribution < -0.4 is 20.1 Å². The molecule has 0 spiro atoms. The van der Waals surface area contributed by atoms with Crippen LogP contribution in [0.1, 0.15) is 0 Å². The maximum absolute atomic E-state index is 13.8. The fraction of sp³-hybridized carbons (Fsp3) is 0.0270. The van der Waals surface area contributed by atoms with Crippen molar-refractivity contribution in [3.63, 3.8) is 0 Å². The van der Waals surface area contributed by atoms with Crippen LogP contribution in [0, 0.1) is 0 Å². The molecule has 1 aliphatic rings. The average molecular weight is 637 g/mol. The molecule has 0 N–H and O–H groups in total. The van der Waals surface area contributed by atoms with E-state index in [2.05, 4.69) is 0 Å². The molecule has 0 aliphatic heterocycles. The fourth-order valence-corrected chi connectivity index (χ4v) is 8.90. The summed E-state index contributed by atoms with van der Waals surface area (Å²) in [5, 5.41) is 2.92. The van der Waals surface area contributed by atoms with Crippen molar-refractivity contribution >= 4 is 34.0 Å². The van der Waals surface area contributed by atoms with Crippen LogP contribution in [-0.4, -0.2) is 13.9 Å². The highest BCUT2D eigenvalue weighted by Crippen LogP contribution is 2.52. The molecule has 0 heterocycles. The second-order valence-electron chi connectivity index (χ2n) is 10.5. The lowest BCUT2D eigenvalue weighted by atomic mass is 9.80. The minimum absolute atomic E-state index is 0.289. The van der Waals surface area contributed by atoms with Gasteiger partial charge < -0.3 is 4.18 Å². The molecule has 6 aromatic rings. The third-order valence-corrected chi connectivity index (χ3v) is 11.2. The molecule has 0 unspecified atom stereocenters. The maximum atomic E-state index is 13.8. The van der Waals surface area contributed by atoms with Crippen molar-refractivity contribution in [3.8, 4) is 50.3 Å². The normalized spacial score (nSPS) is 12.3. The standard InChI is InChI=1S/C37H24F3O3PS/c38-37(39,40)45(41,42)43-33-23-11-21-31-29-19-9-7-17-27(29)28-18-8-10-20-30(28)32-22-12-24-34(36(32)35(31)33)44(25-13-3-1-4-14-25)26-15-5-2-6-16-26/h1-24H. The van der Waals surface area contributed by atoms with Crippen molar-refractivity contribution in [3.05, 3.63) is 146 Å². The van der Waals surface area contributed by atoms with Gasteiger partial charge in [-0.05, 0) is 63.3 Å². The van der Waals surface area contributed by atoms with Crippen LogP contribution in [-0.2, 0) is 10.1 Å². The van der Waals surface area contributed by atoms with Crippen LogP contribution in [0.3, 0.4) is 0 Å². The van der Waals surface area contributed by atoms with Crippen molar-refractivity contribution in [1.29, 1.82) is 0 Å². The lowest BCUT2D eigenvalue weighted by Gasteiger charge is -2.29. The van der Waals surface area contributed by atoms with Gasteiger partial charge in [0.25, 0.3) is 0 Å². The van der Waals surface area contributed by atoms with E-state index in [1.807, 2.05) is 133 Å². The van der Waals surface area contributed by atoms with Crippen LogP contribution in [0.2, 0.25) is 0 Å². The molecule has 0 amide bonds. The second kappa shape index (κ2) is 11.3. The first-order valence-electron chi connectivity index (χ1n) is 14.1. The molecule has 222 valence electrons. The number of benzene rings is 6. The maximum Gasteiger partial charge on any atom is 0.534 e. The molecule has 0 aromatic heterocycles. The first-order valence-corrected chi connectivity index (χ1v) is 16.9. The van der Waals surface area contributed by atoms with Gasteiger partial charge in [0.05, 0.1) is 0 Å². The fourth-order valence-electron chi connectivity index (χ4n) is 5.95. The zero-order chi connectivity index (χ0) is 31.2. The number of alkyl halides is 3. The Morgan fingerprint density at radius 3 is 1.36 bits per heavy atom. The Kier molecular flexibility index (Phi) is 7.31.